The van der Waals surface area contributed by atoms with Crippen LogP contribution in [0.25, 0.3) is 0 Å². The van der Waals surface area contributed by atoms with Crippen molar-refractivity contribution in [2.75, 3.05) is 23.7 Å². The van der Waals surface area contributed by atoms with Crippen LogP contribution in [0.5, 0.6) is 0 Å². The van der Waals surface area contributed by atoms with Crippen molar-refractivity contribution in [3.63, 3.8) is 0 Å². The molecule has 1 atom stereocenters. The van der Waals surface area contributed by atoms with E-state index in [1.807, 2.05) is 20.8 Å². The Morgan fingerprint density at radius 2 is 2.04 bits per heavy atom. The number of amides is 1. The number of aromatic nitrogens is 2. The van der Waals surface area contributed by atoms with E-state index in [4.69, 9.17) is 10.5 Å². The fraction of sp³-hybridized carbons (Fsp3) is 0.737. The van der Waals surface area contributed by atoms with Crippen LogP contribution in [0.15, 0.2) is 6.07 Å². The quantitative estimate of drug-likeness (QED) is 0.856. The summed E-state index contributed by atoms with van der Waals surface area (Å²) in [4.78, 5) is 23.0. The minimum absolute atomic E-state index is 0.0549. The van der Waals surface area contributed by atoms with Crippen LogP contribution in [0.4, 0.5) is 16.6 Å². The number of alkyl carbamates (subject to hydrolysis) is 1. The highest BCUT2D eigenvalue weighted by Crippen LogP contribution is 2.29. The third kappa shape index (κ3) is 5.22. The number of rotatable bonds is 4. The first kappa shape index (κ1) is 18.7. The molecule has 7 heteroatoms. The van der Waals surface area contributed by atoms with Crippen molar-refractivity contribution in [3.8, 4) is 0 Å². The van der Waals surface area contributed by atoms with Gasteiger partial charge in [0.2, 0.25) is 5.95 Å². The second-order valence-corrected chi connectivity index (χ2v) is 8.51. The number of nitrogen functional groups attached to an aromatic ring is 1. The van der Waals surface area contributed by atoms with E-state index in [1.165, 1.54) is 25.7 Å². The molecule has 7 nitrogen and oxygen atoms in total. The van der Waals surface area contributed by atoms with E-state index in [0.717, 1.165) is 36.8 Å². The molecule has 144 valence electrons. The maximum atomic E-state index is 12.0. The number of nitrogens with two attached hydrogens (primary N) is 1. The number of ether oxygens (including phenoxy) is 1. The molecule has 1 unspecified atom stereocenters. The molecule has 3 rings (SSSR count). The first-order chi connectivity index (χ1) is 12.3. The van der Waals surface area contributed by atoms with E-state index in [2.05, 4.69) is 26.3 Å². The second-order valence-electron chi connectivity index (χ2n) is 8.51. The lowest BCUT2D eigenvalue weighted by atomic mass is 10.0. The van der Waals surface area contributed by atoms with Gasteiger partial charge in [-0.05, 0) is 39.5 Å². The van der Waals surface area contributed by atoms with Crippen molar-refractivity contribution in [1.82, 2.24) is 15.3 Å². The topological polar surface area (TPSA) is 93.4 Å². The Labute approximate surface area is 155 Å². The molecule has 2 aliphatic rings. The van der Waals surface area contributed by atoms with Gasteiger partial charge in [-0.15, -0.1) is 0 Å². The normalized spacial score (nSPS) is 21.2. The van der Waals surface area contributed by atoms with Crippen LogP contribution in [0.3, 0.4) is 0 Å². The minimum Gasteiger partial charge on any atom is -0.444 e. The van der Waals surface area contributed by atoms with Crippen molar-refractivity contribution in [3.05, 3.63) is 11.8 Å². The van der Waals surface area contributed by atoms with Gasteiger partial charge in [0, 0.05) is 24.8 Å². The highest BCUT2D eigenvalue weighted by atomic mass is 16.6. The van der Waals surface area contributed by atoms with Crippen molar-refractivity contribution in [1.29, 1.82) is 0 Å². The van der Waals surface area contributed by atoms with Gasteiger partial charge in [0.15, 0.2) is 0 Å². The molecule has 0 spiro atoms. The predicted octanol–water partition coefficient (Wildman–Crippen LogP) is 2.89. The van der Waals surface area contributed by atoms with Crippen LogP contribution in [-0.2, 0) is 11.2 Å². The molecule has 3 N–H and O–H groups in total. The Kier molecular flexibility index (Phi) is 5.53. The van der Waals surface area contributed by atoms with Gasteiger partial charge in [0.05, 0.1) is 6.04 Å². The Morgan fingerprint density at radius 3 is 2.73 bits per heavy atom. The van der Waals surface area contributed by atoms with Gasteiger partial charge in [0.25, 0.3) is 0 Å². The molecule has 1 saturated carbocycles. The van der Waals surface area contributed by atoms with E-state index in [0.29, 0.717) is 12.5 Å². The summed E-state index contributed by atoms with van der Waals surface area (Å²) in [5, 5.41) is 2.95. The van der Waals surface area contributed by atoms with Crippen LogP contribution >= 0.6 is 0 Å². The Balaban J connectivity index is 1.59. The molecule has 1 aromatic rings. The number of nitrogens with one attached hydrogen (secondary N) is 1. The average Bonchev–Trinajstić information content (AvgIpc) is 3.16. The van der Waals surface area contributed by atoms with Gasteiger partial charge in [0.1, 0.15) is 11.4 Å². The number of hydrogen-bond acceptors (Lipinski definition) is 6. The molecule has 1 amide bonds. The van der Waals surface area contributed by atoms with E-state index in [1.54, 1.807) is 0 Å². The molecule has 0 radical (unpaired) electrons. The largest absolute Gasteiger partial charge is 0.444 e. The first-order valence-electron chi connectivity index (χ1n) is 9.66. The third-order valence-electron chi connectivity index (χ3n) is 4.99. The molecule has 1 saturated heterocycles. The summed E-state index contributed by atoms with van der Waals surface area (Å²) >= 11 is 0. The van der Waals surface area contributed by atoms with E-state index in [9.17, 15) is 4.79 Å². The lowest BCUT2D eigenvalue weighted by Crippen LogP contribution is -2.40. The van der Waals surface area contributed by atoms with E-state index >= 15 is 0 Å². The zero-order chi connectivity index (χ0) is 18.7. The van der Waals surface area contributed by atoms with Crippen LogP contribution in [-0.4, -0.2) is 40.8 Å². The fourth-order valence-electron chi connectivity index (χ4n) is 3.84. The molecule has 2 fully saturated rings. The molecule has 2 heterocycles. The number of carbonyl (C=O) groups excluding carboxylic acids is 1. The van der Waals surface area contributed by atoms with Gasteiger partial charge in [-0.2, -0.15) is 4.98 Å². The van der Waals surface area contributed by atoms with Gasteiger partial charge in [-0.3, -0.25) is 0 Å². The van der Waals surface area contributed by atoms with Crippen LogP contribution in [0.2, 0.25) is 0 Å². The molecule has 0 bridgehead atoms. The molecule has 1 aliphatic heterocycles. The lowest BCUT2D eigenvalue weighted by molar-refractivity contribution is 0.0509. The first-order valence-corrected chi connectivity index (χ1v) is 9.66. The van der Waals surface area contributed by atoms with Gasteiger partial charge < -0.3 is 20.7 Å². The zero-order valence-electron chi connectivity index (χ0n) is 16.1. The fourth-order valence-corrected chi connectivity index (χ4v) is 3.84. The summed E-state index contributed by atoms with van der Waals surface area (Å²) in [6, 6.07) is 2.11. The van der Waals surface area contributed by atoms with Crippen molar-refractivity contribution in [2.45, 2.75) is 70.9 Å². The standard InChI is InChI=1S/C19H31N5O2/c1-19(2,3)26-18(25)22-14-8-9-24(12-14)16-11-15(21-17(20)23-16)10-13-6-4-5-7-13/h11,13-14H,4-10,12H2,1-3H3,(H,22,25)(H2,20,21,23). The molecule has 1 aliphatic carbocycles. The Hall–Kier alpha value is -2.05. The maximum Gasteiger partial charge on any atom is 0.407 e. The molecule has 1 aromatic heterocycles. The second kappa shape index (κ2) is 7.68. The number of anilines is 2. The minimum atomic E-state index is -0.487. The summed E-state index contributed by atoms with van der Waals surface area (Å²) in [7, 11) is 0. The summed E-state index contributed by atoms with van der Waals surface area (Å²) in [5.74, 6) is 1.91. The van der Waals surface area contributed by atoms with E-state index in [-0.39, 0.29) is 12.1 Å². The maximum absolute atomic E-state index is 12.0. The molecule has 0 aromatic carbocycles. The summed E-state index contributed by atoms with van der Waals surface area (Å²) < 4.78 is 5.34. The summed E-state index contributed by atoms with van der Waals surface area (Å²) in [6.07, 6.45) is 6.68. The van der Waals surface area contributed by atoms with E-state index < -0.39 is 5.60 Å². The third-order valence-corrected chi connectivity index (χ3v) is 4.99. The van der Waals surface area contributed by atoms with Crippen molar-refractivity contribution in [2.24, 2.45) is 5.92 Å². The number of nitrogens with zero attached hydrogens (tertiary/aromatic N) is 3. The predicted molar refractivity (Wildman–Crippen MR) is 102 cm³/mol. The highest BCUT2D eigenvalue weighted by molar-refractivity contribution is 5.68. The number of carbonyl (C=O) groups is 1. The smallest absolute Gasteiger partial charge is 0.407 e. The number of hydrogen-bond donors (Lipinski definition) is 2. The van der Waals surface area contributed by atoms with Crippen LogP contribution in [0, 0.1) is 5.92 Å². The average molecular weight is 361 g/mol. The Bertz CT molecular complexity index is 637. The van der Waals surface area contributed by atoms with Gasteiger partial charge in [-0.1, -0.05) is 25.7 Å². The van der Waals surface area contributed by atoms with Gasteiger partial charge >= 0.3 is 6.09 Å². The van der Waals surface area contributed by atoms with Crippen molar-refractivity contribution < 1.29 is 9.53 Å². The highest BCUT2D eigenvalue weighted by Gasteiger charge is 2.27. The molecular formula is C19H31N5O2. The lowest BCUT2D eigenvalue weighted by Gasteiger charge is -2.22. The zero-order valence-corrected chi connectivity index (χ0v) is 16.1. The van der Waals surface area contributed by atoms with Crippen molar-refractivity contribution >= 4 is 17.9 Å². The molecular weight excluding hydrogens is 330 g/mol. The summed E-state index contributed by atoms with van der Waals surface area (Å²) in [6.45, 7) is 7.13. The monoisotopic (exact) mass is 361 g/mol. The Morgan fingerprint density at radius 1 is 1.31 bits per heavy atom. The summed E-state index contributed by atoms with van der Waals surface area (Å²) in [5.41, 5.74) is 6.49. The molecule has 26 heavy (non-hydrogen) atoms. The van der Waals surface area contributed by atoms with Crippen LogP contribution < -0.4 is 16.0 Å². The van der Waals surface area contributed by atoms with Gasteiger partial charge in [-0.25, -0.2) is 9.78 Å². The SMILES string of the molecule is CC(C)(C)OC(=O)NC1CCN(c2cc(CC3CCCC3)nc(N)n2)C1. The van der Waals surface area contributed by atoms with Crippen LogP contribution in [0.1, 0.15) is 58.6 Å².